The topological polar surface area (TPSA) is 38.3 Å². The lowest BCUT2D eigenvalue weighted by molar-refractivity contribution is -0.111. The van der Waals surface area contributed by atoms with Crippen molar-refractivity contribution in [3.05, 3.63) is 65.2 Å². The first kappa shape index (κ1) is 16.8. The summed E-state index contributed by atoms with van der Waals surface area (Å²) in [6, 6.07) is 13.6. The van der Waals surface area contributed by atoms with Crippen LogP contribution in [0, 0.1) is 13.8 Å². The molecule has 0 bridgehead atoms. The maximum Gasteiger partial charge on any atom is 0.248 e. The Balaban J connectivity index is 2.03. The highest BCUT2D eigenvalue weighted by Crippen LogP contribution is 2.17. The van der Waals surface area contributed by atoms with E-state index in [9.17, 15) is 4.79 Å². The molecule has 2 aromatic carbocycles. The first-order valence-electron chi connectivity index (χ1n) is 7.77. The average Bonchev–Trinajstić information content (AvgIpc) is 2.48. The van der Waals surface area contributed by atoms with Crippen LogP contribution in [0.1, 0.15) is 30.5 Å². The van der Waals surface area contributed by atoms with Crippen molar-refractivity contribution in [1.29, 1.82) is 0 Å². The Kier molecular flexibility index (Phi) is 5.58. The number of ether oxygens (including phenoxy) is 1. The molecule has 0 heterocycles. The summed E-state index contributed by atoms with van der Waals surface area (Å²) in [5.74, 6) is 0.657. The fourth-order valence-corrected chi connectivity index (χ4v) is 2.26. The van der Waals surface area contributed by atoms with Gasteiger partial charge in [0.05, 0.1) is 6.10 Å². The molecule has 0 aliphatic heterocycles. The van der Waals surface area contributed by atoms with Crippen LogP contribution in [0.25, 0.3) is 6.08 Å². The number of nitrogens with one attached hydrogen (secondary N) is 1. The Hall–Kier alpha value is -2.55. The summed E-state index contributed by atoms with van der Waals surface area (Å²) < 4.78 is 5.65. The highest BCUT2D eigenvalue weighted by molar-refractivity contribution is 6.02. The van der Waals surface area contributed by atoms with Gasteiger partial charge in [-0.15, -0.1) is 0 Å². The van der Waals surface area contributed by atoms with Crippen LogP contribution in [-0.4, -0.2) is 12.0 Å². The van der Waals surface area contributed by atoms with E-state index in [1.54, 1.807) is 6.08 Å². The Morgan fingerprint density at radius 3 is 2.61 bits per heavy atom. The van der Waals surface area contributed by atoms with Gasteiger partial charge in [-0.05, 0) is 63.1 Å². The third-order valence-corrected chi connectivity index (χ3v) is 3.30. The van der Waals surface area contributed by atoms with E-state index in [0.29, 0.717) is 0 Å². The maximum atomic E-state index is 12.1. The van der Waals surface area contributed by atoms with Crippen LogP contribution in [0.4, 0.5) is 5.69 Å². The van der Waals surface area contributed by atoms with Gasteiger partial charge in [0.25, 0.3) is 0 Å². The fraction of sp³-hybridized carbons (Fsp3) is 0.250. The lowest BCUT2D eigenvalue weighted by Crippen LogP contribution is -2.09. The van der Waals surface area contributed by atoms with Crippen LogP contribution in [0.3, 0.4) is 0 Å². The largest absolute Gasteiger partial charge is 0.491 e. The molecule has 3 heteroatoms. The number of carbonyl (C=O) groups is 1. The van der Waals surface area contributed by atoms with Crippen LogP contribution in [-0.2, 0) is 4.79 Å². The molecule has 0 saturated heterocycles. The molecule has 0 aromatic heterocycles. The van der Waals surface area contributed by atoms with Crippen molar-refractivity contribution < 1.29 is 9.53 Å². The highest BCUT2D eigenvalue weighted by atomic mass is 16.5. The predicted molar refractivity (Wildman–Crippen MR) is 95.8 cm³/mol. The minimum atomic E-state index is -0.146. The second-order valence-electron chi connectivity index (χ2n) is 5.88. The molecule has 0 radical (unpaired) electrons. The second-order valence-corrected chi connectivity index (χ2v) is 5.88. The summed E-state index contributed by atoms with van der Waals surface area (Å²) in [6.45, 7) is 7.99. The lowest BCUT2D eigenvalue weighted by atomic mass is 10.1. The summed E-state index contributed by atoms with van der Waals surface area (Å²) in [5.41, 5.74) is 4.00. The molecule has 2 aromatic rings. The number of amides is 1. The third-order valence-electron chi connectivity index (χ3n) is 3.30. The van der Waals surface area contributed by atoms with Gasteiger partial charge in [-0.3, -0.25) is 4.79 Å². The third kappa shape index (κ3) is 5.29. The monoisotopic (exact) mass is 309 g/mol. The molecule has 0 saturated carbocycles. The van der Waals surface area contributed by atoms with E-state index in [4.69, 9.17) is 4.74 Å². The van der Waals surface area contributed by atoms with Gasteiger partial charge in [-0.1, -0.05) is 29.8 Å². The van der Waals surface area contributed by atoms with E-state index in [1.807, 2.05) is 70.2 Å². The van der Waals surface area contributed by atoms with Crippen LogP contribution in [0.5, 0.6) is 5.75 Å². The maximum absolute atomic E-state index is 12.1. The van der Waals surface area contributed by atoms with Crippen molar-refractivity contribution in [2.75, 3.05) is 5.32 Å². The van der Waals surface area contributed by atoms with E-state index >= 15 is 0 Å². The average molecular weight is 309 g/mol. The first-order chi connectivity index (χ1) is 10.9. The summed E-state index contributed by atoms with van der Waals surface area (Å²) in [5, 5.41) is 2.90. The number of anilines is 1. The molecule has 23 heavy (non-hydrogen) atoms. The van der Waals surface area contributed by atoms with E-state index in [2.05, 4.69) is 5.32 Å². The summed E-state index contributed by atoms with van der Waals surface area (Å²) in [7, 11) is 0. The highest BCUT2D eigenvalue weighted by Gasteiger charge is 2.02. The van der Waals surface area contributed by atoms with Crippen molar-refractivity contribution in [3.8, 4) is 5.75 Å². The van der Waals surface area contributed by atoms with Crippen molar-refractivity contribution in [3.63, 3.8) is 0 Å². The van der Waals surface area contributed by atoms with Crippen LogP contribution in [0.15, 0.2) is 48.5 Å². The summed E-state index contributed by atoms with van der Waals surface area (Å²) in [4.78, 5) is 12.1. The van der Waals surface area contributed by atoms with Crippen LogP contribution in [0.2, 0.25) is 0 Å². The van der Waals surface area contributed by atoms with Gasteiger partial charge in [0.15, 0.2) is 0 Å². The Labute approximate surface area is 138 Å². The van der Waals surface area contributed by atoms with Crippen LogP contribution < -0.4 is 10.1 Å². The van der Waals surface area contributed by atoms with E-state index in [-0.39, 0.29) is 12.0 Å². The fourth-order valence-electron chi connectivity index (χ4n) is 2.26. The van der Waals surface area contributed by atoms with E-state index in [1.165, 1.54) is 11.6 Å². The van der Waals surface area contributed by atoms with Gasteiger partial charge in [-0.2, -0.15) is 0 Å². The molecule has 0 fully saturated rings. The second kappa shape index (κ2) is 7.63. The van der Waals surface area contributed by atoms with Crippen molar-refractivity contribution in [1.82, 2.24) is 0 Å². The quantitative estimate of drug-likeness (QED) is 0.810. The van der Waals surface area contributed by atoms with E-state index < -0.39 is 0 Å². The number of benzene rings is 2. The first-order valence-corrected chi connectivity index (χ1v) is 7.77. The number of carbonyl (C=O) groups excluding carboxylic acids is 1. The molecule has 0 atom stereocenters. The normalized spacial score (nSPS) is 11.0. The molecular weight excluding hydrogens is 286 g/mol. The molecule has 3 nitrogen and oxygen atoms in total. The SMILES string of the molecule is Cc1ccc(NC(=O)/C=C/c2cccc(OC(C)C)c2)c(C)c1. The minimum Gasteiger partial charge on any atom is -0.491 e. The van der Waals surface area contributed by atoms with Gasteiger partial charge in [-0.25, -0.2) is 0 Å². The number of hydrogen-bond acceptors (Lipinski definition) is 2. The molecule has 2 rings (SSSR count). The van der Waals surface area contributed by atoms with Gasteiger partial charge >= 0.3 is 0 Å². The van der Waals surface area contributed by atoms with Gasteiger partial charge in [0.1, 0.15) is 5.75 Å². The Morgan fingerprint density at radius 2 is 1.91 bits per heavy atom. The zero-order chi connectivity index (χ0) is 16.8. The van der Waals surface area contributed by atoms with Gasteiger partial charge < -0.3 is 10.1 Å². The van der Waals surface area contributed by atoms with Gasteiger partial charge in [0.2, 0.25) is 5.91 Å². The molecule has 0 unspecified atom stereocenters. The molecule has 0 aliphatic rings. The summed E-state index contributed by atoms with van der Waals surface area (Å²) in [6.07, 6.45) is 3.45. The molecule has 120 valence electrons. The molecule has 0 aliphatic carbocycles. The molecular formula is C20H23NO2. The Bertz CT molecular complexity index is 717. The standard InChI is InChI=1S/C20H23NO2/c1-14(2)23-18-7-5-6-17(13-18)9-11-20(22)21-19-10-8-15(3)12-16(19)4/h5-14H,1-4H3,(H,21,22)/b11-9+. The number of hydrogen-bond donors (Lipinski definition) is 1. The Morgan fingerprint density at radius 1 is 1.13 bits per heavy atom. The zero-order valence-corrected chi connectivity index (χ0v) is 14.1. The van der Waals surface area contributed by atoms with Crippen molar-refractivity contribution >= 4 is 17.7 Å². The predicted octanol–water partition coefficient (Wildman–Crippen LogP) is 4.74. The van der Waals surface area contributed by atoms with Crippen LogP contribution >= 0.6 is 0 Å². The molecule has 0 spiro atoms. The summed E-state index contributed by atoms with van der Waals surface area (Å²) >= 11 is 0. The zero-order valence-electron chi connectivity index (χ0n) is 14.1. The van der Waals surface area contributed by atoms with Crippen molar-refractivity contribution in [2.24, 2.45) is 0 Å². The van der Waals surface area contributed by atoms with Gasteiger partial charge in [0, 0.05) is 11.8 Å². The molecule has 1 N–H and O–H groups in total. The van der Waals surface area contributed by atoms with Crippen molar-refractivity contribution in [2.45, 2.75) is 33.8 Å². The smallest absolute Gasteiger partial charge is 0.248 e. The minimum absolute atomic E-state index is 0.127. The number of aryl methyl sites for hydroxylation is 2. The lowest BCUT2D eigenvalue weighted by Gasteiger charge is -2.09. The molecule has 1 amide bonds. The number of rotatable bonds is 5. The van der Waals surface area contributed by atoms with E-state index in [0.717, 1.165) is 22.6 Å².